The van der Waals surface area contributed by atoms with Crippen molar-refractivity contribution in [3.8, 4) is 0 Å². The maximum atomic E-state index is 5.96. The van der Waals surface area contributed by atoms with Gasteiger partial charge in [-0.05, 0) is 75.3 Å². The van der Waals surface area contributed by atoms with E-state index >= 15 is 0 Å². The van der Waals surface area contributed by atoms with E-state index in [1.54, 1.807) is 0 Å². The van der Waals surface area contributed by atoms with Crippen molar-refractivity contribution in [2.75, 3.05) is 10.6 Å². The Bertz CT molecular complexity index is 1060. The van der Waals surface area contributed by atoms with Gasteiger partial charge in [0.1, 0.15) is 0 Å². The van der Waals surface area contributed by atoms with Crippen molar-refractivity contribution in [1.29, 1.82) is 0 Å². The van der Waals surface area contributed by atoms with E-state index in [2.05, 4.69) is 38.6 Å². The van der Waals surface area contributed by atoms with Crippen LogP contribution in [0.3, 0.4) is 0 Å². The monoisotopic (exact) mass is 378 g/mol. The molecular formula is C20H22N6S. The summed E-state index contributed by atoms with van der Waals surface area (Å²) >= 11 is 5.26. The molecule has 1 heterocycles. The molecule has 2 aromatic carbocycles. The Hall–Kier alpha value is -3.06. The van der Waals surface area contributed by atoms with Crippen molar-refractivity contribution in [3.05, 3.63) is 58.8 Å². The van der Waals surface area contributed by atoms with Gasteiger partial charge in [-0.3, -0.25) is 5.32 Å². The Morgan fingerprint density at radius 2 is 1.74 bits per heavy atom. The SMILES string of the molecule is Cc1ccc2nc(N/C(N)=N/C(=S)Nc3ccc(C)c(C)c3)nc(C)c2c1. The molecule has 27 heavy (non-hydrogen) atoms. The molecular weight excluding hydrogens is 356 g/mol. The van der Waals surface area contributed by atoms with Gasteiger partial charge in [0.25, 0.3) is 0 Å². The van der Waals surface area contributed by atoms with Gasteiger partial charge in [-0.25, -0.2) is 9.97 Å². The number of hydrogen-bond acceptors (Lipinski definition) is 3. The number of aromatic nitrogens is 2. The minimum absolute atomic E-state index is 0.127. The number of benzene rings is 2. The highest BCUT2D eigenvalue weighted by Crippen LogP contribution is 2.18. The van der Waals surface area contributed by atoms with E-state index in [1.807, 2.05) is 51.1 Å². The van der Waals surface area contributed by atoms with Crippen molar-refractivity contribution in [3.63, 3.8) is 0 Å². The Balaban J connectivity index is 1.74. The summed E-state index contributed by atoms with van der Waals surface area (Å²) in [4.78, 5) is 13.1. The first-order valence-electron chi connectivity index (χ1n) is 8.56. The van der Waals surface area contributed by atoms with Gasteiger partial charge >= 0.3 is 0 Å². The quantitative estimate of drug-likeness (QED) is 0.355. The molecule has 0 atom stereocenters. The summed E-state index contributed by atoms with van der Waals surface area (Å²) in [6.07, 6.45) is 0. The second-order valence-electron chi connectivity index (χ2n) is 6.50. The summed E-state index contributed by atoms with van der Waals surface area (Å²) in [5, 5.41) is 7.24. The van der Waals surface area contributed by atoms with E-state index in [1.165, 1.54) is 16.7 Å². The summed E-state index contributed by atoms with van der Waals surface area (Å²) in [6.45, 7) is 8.08. The predicted molar refractivity (Wildman–Crippen MR) is 116 cm³/mol. The summed E-state index contributed by atoms with van der Waals surface area (Å²) in [5.74, 6) is 0.515. The summed E-state index contributed by atoms with van der Waals surface area (Å²) < 4.78 is 0. The molecule has 0 unspecified atom stereocenters. The molecule has 4 N–H and O–H groups in total. The molecule has 7 heteroatoms. The molecule has 0 saturated carbocycles. The Morgan fingerprint density at radius 1 is 0.963 bits per heavy atom. The fourth-order valence-electron chi connectivity index (χ4n) is 2.67. The number of aliphatic imine (C=N–C) groups is 1. The first-order valence-corrected chi connectivity index (χ1v) is 8.97. The van der Waals surface area contributed by atoms with Crippen molar-refractivity contribution in [2.45, 2.75) is 27.7 Å². The molecule has 1 aromatic heterocycles. The van der Waals surface area contributed by atoms with Gasteiger partial charge in [-0.15, -0.1) is 0 Å². The predicted octanol–water partition coefficient (Wildman–Crippen LogP) is 3.99. The minimum Gasteiger partial charge on any atom is -0.369 e. The molecule has 3 rings (SSSR count). The Kier molecular flexibility index (Phi) is 5.32. The zero-order valence-corrected chi connectivity index (χ0v) is 16.6. The molecule has 0 spiro atoms. The van der Waals surface area contributed by atoms with Crippen LogP contribution in [0.5, 0.6) is 0 Å². The fourth-order valence-corrected chi connectivity index (χ4v) is 2.89. The van der Waals surface area contributed by atoms with Crippen molar-refractivity contribution in [2.24, 2.45) is 10.7 Å². The minimum atomic E-state index is 0.127. The lowest BCUT2D eigenvalue weighted by molar-refractivity contribution is 1.15. The van der Waals surface area contributed by atoms with Crippen LogP contribution < -0.4 is 16.4 Å². The van der Waals surface area contributed by atoms with Gasteiger partial charge in [-0.2, -0.15) is 4.99 Å². The fraction of sp³-hybridized carbons (Fsp3) is 0.200. The molecule has 0 aliphatic rings. The van der Waals surface area contributed by atoms with E-state index in [0.717, 1.165) is 22.3 Å². The van der Waals surface area contributed by atoms with Crippen LogP contribution in [0.25, 0.3) is 10.9 Å². The van der Waals surface area contributed by atoms with Gasteiger partial charge in [0.15, 0.2) is 0 Å². The van der Waals surface area contributed by atoms with Crippen molar-refractivity contribution in [1.82, 2.24) is 9.97 Å². The molecule has 0 saturated heterocycles. The summed E-state index contributed by atoms with van der Waals surface area (Å²) in [5.41, 5.74) is 12.1. The van der Waals surface area contributed by atoms with Gasteiger partial charge < -0.3 is 11.1 Å². The van der Waals surface area contributed by atoms with Gasteiger partial charge in [0, 0.05) is 11.1 Å². The van der Waals surface area contributed by atoms with Crippen LogP contribution in [0.15, 0.2) is 41.4 Å². The molecule has 138 valence electrons. The first kappa shape index (κ1) is 18.7. The van der Waals surface area contributed by atoms with Crippen LogP contribution in [-0.2, 0) is 0 Å². The second-order valence-corrected chi connectivity index (χ2v) is 6.89. The number of fused-ring (bicyclic) bond motifs is 1. The van der Waals surface area contributed by atoms with Crippen LogP contribution in [0, 0.1) is 27.7 Å². The molecule has 6 nitrogen and oxygen atoms in total. The number of nitrogens with two attached hydrogens (primary N) is 1. The molecule has 3 aromatic rings. The van der Waals surface area contributed by atoms with Crippen LogP contribution >= 0.6 is 12.2 Å². The number of nitrogens with zero attached hydrogens (tertiary/aromatic N) is 3. The summed E-state index contributed by atoms with van der Waals surface area (Å²) in [6, 6.07) is 12.0. The zero-order chi connectivity index (χ0) is 19.6. The van der Waals surface area contributed by atoms with Crippen molar-refractivity contribution >= 4 is 45.8 Å². The van der Waals surface area contributed by atoms with Crippen LogP contribution in [0.2, 0.25) is 0 Å². The lowest BCUT2D eigenvalue weighted by Crippen LogP contribution is -2.26. The number of nitrogens with one attached hydrogen (secondary N) is 2. The highest BCUT2D eigenvalue weighted by atomic mass is 32.1. The lowest BCUT2D eigenvalue weighted by Gasteiger charge is -2.09. The number of rotatable bonds is 2. The normalized spacial score (nSPS) is 11.5. The second kappa shape index (κ2) is 7.67. The standard InChI is InChI=1S/C20H22N6S/c1-11-5-8-17-16(9-11)14(4)22-19(24-17)25-18(21)26-20(27)23-15-7-6-12(2)13(3)10-15/h5-10H,1-4H3,(H4,21,22,23,24,25,26,27). The maximum Gasteiger partial charge on any atom is 0.230 e. The van der Waals surface area contributed by atoms with E-state index in [9.17, 15) is 0 Å². The molecule has 0 aliphatic heterocycles. The zero-order valence-electron chi connectivity index (χ0n) is 15.8. The first-order chi connectivity index (χ1) is 12.8. The molecule has 0 amide bonds. The average Bonchev–Trinajstić information content (AvgIpc) is 2.58. The van der Waals surface area contributed by atoms with Crippen molar-refractivity contribution < 1.29 is 0 Å². The van der Waals surface area contributed by atoms with E-state index < -0.39 is 0 Å². The van der Waals surface area contributed by atoms with Crippen LogP contribution in [0.4, 0.5) is 11.6 Å². The third kappa shape index (κ3) is 4.57. The van der Waals surface area contributed by atoms with Crippen LogP contribution in [0.1, 0.15) is 22.4 Å². The molecule has 0 bridgehead atoms. The maximum absolute atomic E-state index is 5.96. The highest BCUT2D eigenvalue weighted by Gasteiger charge is 2.07. The average molecular weight is 379 g/mol. The largest absolute Gasteiger partial charge is 0.369 e. The number of hydrogen-bond donors (Lipinski definition) is 3. The molecule has 0 fully saturated rings. The Morgan fingerprint density at radius 3 is 2.48 bits per heavy atom. The number of guanidine groups is 1. The highest BCUT2D eigenvalue weighted by molar-refractivity contribution is 7.80. The van der Waals surface area contributed by atoms with E-state index in [-0.39, 0.29) is 11.1 Å². The topological polar surface area (TPSA) is 88.2 Å². The van der Waals surface area contributed by atoms with Gasteiger partial charge in [0.2, 0.25) is 17.0 Å². The van der Waals surface area contributed by atoms with E-state index in [4.69, 9.17) is 18.0 Å². The summed E-state index contributed by atoms with van der Waals surface area (Å²) in [7, 11) is 0. The lowest BCUT2D eigenvalue weighted by atomic mass is 10.1. The third-order valence-corrected chi connectivity index (χ3v) is 4.46. The van der Waals surface area contributed by atoms with E-state index in [0.29, 0.717) is 5.95 Å². The number of anilines is 2. The Labute approximate surface area is 163 Å². The molecule has 0 aliphatic carbocycles. The van der Waals surface area contributed by atoms with Crippen LogP contribution in [-0.4, -0.2) is 21.0 Å². The van der Waals surface area contributed by atoms with Gasteiger partial charge in [-0.1, -0.05) is 17.7 Å². The third-order valence-electron chi connectivity index (χ3n) is 4.26. The van der Waals surface area contributed by atoms with Gasteiger partial charge in [0.05, 0.1) is 11.2 Å². The number of aryl methyl sites for hydroxylation is 4. The smallest absolute Gasteiger partial charge is 0.230 e. The molecule has 0 radical (unpaired) electrons. The number of thiocarbonyl (C=S) groups is 1.